The van der Waals surface area contributed by atoms with Gasteiger partial charge < -0.3 is 14.8 Å². The molecule has 1 amide bonds. The molecule has 1 heterocycles. The molecule has 2 unspecified atom stereocenters. The van der Waals surface area contributed by atoms with Crippen molar-refractivity contribution >= 4 is 17.8 Å². The van der Waals surface area contributed by atoms with Gasteiger partial charge >= 0.3 is 11.9 Å². The van der Waals surface area contributed by atoms with E-state index in [2.05, 4.69) is 16.8 Å². The number of nitrogens with one attached hydrogen (secondary N) is 1. The molecule has 7 nitrogen and oxygen atoms in total. The van der Waals surface area contributed by atoms with Crippen molar-refractivity contribution in [2.24, 2.45) is 0 Å². The minimum atomic E-state index is -0.789. The number of ether oxygens (including phenoxy) is 2. The molecule has 1 aliphatic carbocycles. The maximum atomic E-state index is 13.0. The summed E-state index contributed by atoms with van der Waals surface area (Å²) in [5, 5.41) is 3.22. The normalized spacial score (nSPS) is 25.8. The van der Waals surface area contributed by atoms with Gasteiger partial charge in [0.05, 0.1) is 0 Å². The average Bonchev–Trinajstić information content (AvgIpc) is 2.84. The Morgan fingerprint density at radius 3 is 2.56 bits per heavy atom. The molecule has 0 bridgehead atoms. The molecular formula is C29H34N2O5. The van der Waals surface area contributed by atoms with E-state index in [1.165, 1.54) is 13.8 Å². The molecule has 1 saturated carbocycles. The van der Waals surface area contributed by atoms with Gasteiger partial charge in [0.25, 0.3) is 5.91 Å². The molecule has 0 spiro atoms. The van der Waals surface area contributed by atoms with Gasteiger partial charge in [0.15, 0.2) is 0 Å². The van der Waals surface area contributed by atoms with Crippen molar-refractivity contribution in [2.75, 3.05) is 19.6 Å². The van der Waals surface area contributed by atoms with Crippen molar-refractivity contribution in [3.05, 3.63) is 78.4 Å². The lowest BCUT2D eigenvalue weighted by molar-refractivity contribution is -0.186. The summed E-state index contributed by atoms with van der Waals surface area (Å²) in [6, 6.07) is 16.6. The van der Waals surface area contributed by atoms with Crippen LogP contribution in [0.4, 0.5) is 0 Å². The summed E-state index contributed by atoms with van der Waals surface area (Å²) >= 11 is 0. The molecule has 3 atom stereocenters. The first-order valence-electron chi connectivity index (χ1n) is 12.4. The molecule has 2 aromatic carbocycles. The zero-order valence-electron chi connectivity index (χ0n) is 21.0. The molecular weight excluding hydrogens is 456 g/mol. The first-order valence-corrected chi connectivity index (χ1v) is 12.4. The highest BCUT2D eigenvalue weighted by atomic mass is 16.6. The Kier molecular flexibility index (Phi) is 7.59. The Bertz CT molecular complexity index is 1130. The number of nitrogens with zero attached hydrogens (tertiary/aromatic N) is 1. The number of piperidine rings is 1. The lowest BCUT2D eigenvalue weighted by Gasteiger charge is -2.59. The Hall–Kier alpha value is -3.45. The maximum Gasteiger partial charge on any atom is 0.308 e. The number of fused-ring (bicyclic) bond motifs is 1. The van der Waals surface area contributed by atoms with E-state index < -0.39 is 17.0 Å². The van der Waals surface area contributed by atoms with Crippen LogP contribution in [-0.2, 0) is 19.7 Å². The Morgan fingerprint density at radius 2 is 1.86 bits per heavy atom. The third kappa shape index (κ3) is 5.21. The fraction of sp³-hybridized carbons (Fsp3) is 0.414. The number of rotatable bonds is 7. The monoisotopic (exact) mass is 490 g/mol. The molecule has 1 saturated heterocycles. The van der Waals surface area contributed by atoms with Gasteiger partial charge in [-0.25, -0.2) is 0 Å². The summed E-state index contributed by atoms with van der Waals surface area (Å²) in [6.45, 7) is 8.75. The second-order valence-corrected chi connectivity index (χ2v) is 9.84. The van der Waals surface area contributed by atoms with Crippen LogP contribution in [0.15, 0.2) is 67.3 Å². The topological polar surface area (TPSA) is 84.9 Å². The molecule has 7 heteroatoms. The van der Waals surface area contributed by atoms with E-state index in [0.29, 0.717) is 43.7 Å². The van der Waals surface area contributed by atoms with Crippen LogP contribution < -0.4 is 10.1 Å². The van der Waals surface area contributed by atoms with E-state index in [9.17, 15) is 14.4 Å². The molecule has 0 radical (unpaired) electrons. The van der Waals surface area contributed by atoms with Gasteiger partial charge in [0.1, 0.15) is 11.4 Å². The number of likely N-dealkylation sites (tertiary alicyclic amines) is 1. The third-order valence-corrected chi connectivity index (χ3v) is 7.44. The molecule has 4 rings (SSSR count). The highest BCUT2D eigenvalue weighted by Gasteiger charge is 2.60. The Balaban J connectivity index is 1.74. The summed E-state index contributed by atoms with van der Waals surface area (Å²) in [5.74, 6) is -0.389. The van der Waals surface area contributed by atoms with Gasteiger partial charge in [0.2, 0.25) is 0 Å². The standard InChI is InChI=1S/C29H34N2O5/c1-4-16-31-17-15-28(24-11-8-12-26(18-24)35-21(2)32)19-25(13-14-29(28,20-31)36-22(3)33)30-27(34)23-9-6-5-7-10-23/h4-12,18,25H,1,13-17,19-20H2,2-3H3,(H,30,34)/t25-,28?,29?/m0/s1. The highest BCUT2D eigenvalue weighted by Crippen LogP contribution is 2.54. The lowest BCUT2D eigenvalue weighted by atomic mass is 9.55. The number of carbonyl (C=O) groups excluding carboxylic acids is 3. The van der Waals surface area contributed by atoms with E-state index in [0.717, 1.165) is 18.5 Å². The van der Waals surface area contributed by atoms with Crippen LogP contribution in [0, 0.1) is 0 Å². The van der Waals surface area contributed by atoms with Gasteiger partial charge in [-0.15, -0.1) is 6.58 Å². The zero-order valence-corrected chi connectivity index (χ0v) is 21.0. The van der Waals surface area contributed by atoms with Crippen molar-refractivity contribution in [3.8, 4) is 5.75 Å². The second-order valence-electron chi connectivity index (χ2n) is 9.84. The van der Waals surface area contributed by atoms with Crippen LogP contribution in [0.5, 0.6) is 5.75 Å². The molecule has 2 aliphatic rings. The maximum absolute atomic E-state index is 13.0. The average molecular weight is 491 g/mol. The first-order chi connectivity index (χ1) is 17.3. The van der Waals surface area contributed by atoms with Gasteiger partial charge in [-0.05, 0) is 62.1 Å². The van der Waals surface area contributed by atoms with Gasteiger partial charge in [0, 0.05) is 44.0 Å². The molecule has 0 aromatic heterocycles. The summed E-state index contributed by atoms with van der Waals surface area (Å²) in [6.07, 6.45) is 4.46. The van der Waals surface area contributed by atoms with Crippen molar-refractivity contribution < 1.29 is 23.9 Å². The van der Waals surface area contributed by atoms with Crippen molar-refractivity contribution in [2.45, 2.75) is 56.6 Å². The predicted octanol–water partition coefficient (Wildman–Crippen LogP) is 4.03. The zero-order chi connectivity index (χ0) is 25.8. The molecule has 2 fully saturated rings. The van der Waals surface area contributed by atoms with Crippen LogP contribution in [0.3, 0.4) is 0 Å². The fourth-order valence-corrected chi connectivity index (χ4v) is 6.03. The third-order valence-electron chi connectivity index (χ3n) is 7.44. The van der Waals surface area contributed by atoms with Gasteiger partial charge in [-0.3, -0.25) is 19.3 Å². The van der Waals surface area contributed by atoms with Gasteiger partial charge in [-0.1, -0.05) is 36.4 Å². The number of esters is 2. The van der Waals surface area contributed by atoms with Crippen molar-refractivity contribution in [3.63, 3.8) is 0 Å². The SMILES string of the molecule is C=CCN1CCC2(c3cccc(OC(C)=O)c3)C[C@@H](NC(=O)c3ccccc3)CCC2(OC(C)=O)C1. The minimum Gasteiger partial charge on any atom is -0.457 e. The summed E-state index contributed by atoms with van der Waals surface area (Å²) in [5.41, 5.74) is 0.197. The molecule has 2 aromatic rings. The van der Waals surface area contributed by atoms with E-state index in [1.54, 1.807) is 18.2 Å². The molecule has 36 heavy (non-hydrogen) atoms. The largest absolute Gasteiger partial charge is 0.457 e. The highest BCUT2D eigenvalue weighted by molar-refractivity contribution is 5.94. The van der Waals surface area contributed by atoms with Crippen LogP contribution in [-0.4, -0.2) is 54.0 Å². The van der Waals surface area contributed by atoms with E-state index in [1.807, 2.05) is 42.5 Å². The Morgan fingerprint density at radius 1 is 1.08 bits per heavy atom. The first kappa shape index (κ1) is 25.6. The van der Waals surface area contributed by atoms with Crippen LogP contribution >= 0.6 is 0 Å². The summed E-state index contributed by atoms with van der Waals surface area (Å²) < 4.78 is 11.6. The summed E-state index contributed by atoms with van der Waals surface area (Å²) in [7, 11) is 0. The van der Waals surface area contributed by atoms with Crippen molar-refractivity contribution in [1.29, 1.82) is 0 Å². The van der Waals surface area contributed by atoms with Crippen molar-refractivity contribution in [1.82, 2.24) is 10.2 Å². The summed E-state index contributed by atoms with van der Waals surface area (Å²) in [4.78, 5) is 39.4. The number of benzene rings is 2. The number of carbonyl (C=O) groups is 3. The number of hydrogen-bond donors (Lipinski definition) is 1. The van der Waals surface area contributed by atoms with Gasteiger partial charge in [-0.2, -0.15) is 0 Å². The van der Waals surface area contributed by atoms with E-state index in [-0.39, 0.29) is 17.9 Å². The smallest absolute Gasteiger partial charge is 0.308 e. The molecule has 1 aliphatic heterocycles. The molecule has 190 valence electrons. The van der Waals surface area contributed by atoms with Crippen LogP contribution in [0.1, 0.15) is 55.5 Å². The lowest BCUT2D eigenvalue weighted by Crippen LogP contribution is -2.68. The molecule has 1 N–H and O–H groups in total. The van der Waals surface area contributed by atoms with E-state index in [4.69, 9.17) is 9.47 Å². The van der Waals surface area contributed by atoms with Crippen LogP contribution in [0.25, 0.3) is 0 Å². The quantitative estimate of drug-likeness (QED) is 0.358. The second kappa shape index (κ2) is 10.7. The van der Waals surface area contributed by atoms with Crippen LogP contribution in [0.2, 0.25) is 0 Å². The Labute approximate surface area is 212 Å². The predicted molar refractivity (Wildman–Crippen MR) is 137 cm³/mol. The van der Waals surface area contributed by atoms with E-state index >= 15 is 0 Å². The fourth-order valence-electron chi connectivity index (χ4n) is 6.03. The minimum absolute atomic E-state index is 0.107. The number of amides is 1. The number of hydrogen-bond acceptors (Lipinski definition) is 6.